The number of carbonyl (C=O) groups excluding carboxylic acids is 1. The summed E-state index contributed by atoms with van der Waals surface area (Å²) in [6.45, 7) is -0.631. The van der Waals surface area contributed by atoms with E-state index in [4.69, 9.17) is 10.8 Å². The van der Waals surface area contributed by atoms with Gasteiger partial charge in [-0.25, -0.2) is 0 Å². The van der Waals surface area contributed by atoms with Crippen LogP contribution in [0.15, 0.2) is 0 Å². The van der Waals surface area contributed by atoms with E-state index in [1.165, 1.54) is 0 Å². The van der Waals surface area contributed by atoms with Crippen LogP contribution in [0.5, 0.6) is 0 Å². The number of hydrogen-bond acceptors (Lipinski definition) is 6. The van der Waals surface area contributed by atoms with Gasteiger partial charge < -0.3 is 30.9 Å². The van der Waals surface area contributed by atoms with E-state index in [0.29, 0.717) is 0 Å². The van der Waals surface area contributed by atoms with Gasteiger partial charge in [0.2, 0.25) is 5.79 Å². The topological polar surface area (TPSA) is 133 Å². The molecule has 1 rings (SSSR count). The Labute approximate surface area is 79.7 Å². The summed E-state index contributed by atoms with van der Waals surface area (Å²) in [4.78, 5) is 10.8. The molecule has 1 aliphatic heterocycles. The lowest BCUT2D eigenvalue weighted by atomic mass is 9.95. The first kappa shape index (κ1) is 11.3. The maximum atomic E-state index is 10.8. The third-order valence-electron chi connectivity index (χ3n) is 2.17. The van der Waals surface area contributed by atoms with Crippen LogP contribution in [0.2, 0.25) is 0 Å². The number of rotatable bonds is 2. The molecule has 1 amide bonds. The number of aliphatic hydroxyl groups excluding tert-OH is 3. The summed E-state index contributed by atoms with van der Waals surface area (Å²) in [6, 6.07) is 0. The average Bonchev–Trinajstić information content (AvgIpc) is 2.11. The van der Waals surface area contributed by atoms with E-state index < -0.39 is 43.0 Å². The van der Waals surface area contributed by atoms with Gasteiger partial charge in [-0.1, -0.05) is 0 Å². The second kappa shape index (κ2) is 3.79. The van der Waals surface area contributed by atoms with E-state index >= 15 is 0 Å². The van der Waals surface area contributed by atoms with Gasteiger partial charge in [-0.05, 0) is 0 Å². The molecule has 6 N–H and O–H groups in total. The molecule has 7 heteroatoms. The molecule has 0 radical (unpaired) electrons. The summed E-state index contributed by atoms with van der Waals surface area (Å²) >= 11 is 0. The number of ether oxygens (including phenoxy) is 1. The van der Waals surface area contributed by atoms with Crippen molar-refractivity contribution in [3.8, 4) is 0 Å². The van der Waals surface area contributed by atoms with Gasteiger partial charge in [0.25, 0.3) is 5.91 Å². The van der Waals surface area contributed by atoms with Crippen LogP contribution in [0.3, 0.4) is 0 Å². The van der Waals surface area contributed by atoms with E-state index in [1.807, 2.05) is 0 Å². The smallest absolute Gasteiger partial charge is 0.277 e. The number of primary amides is 1. The molecule has 0 aromatic carbocycles. The van der Waals surface area contributed by atoms with Crippen molar-refractivity contribution in [3.63, 3.8) is 0 Å². The molecule has 14 heavy (non-hydrogen) atoms. The third kappa shape index (κ3) is 1.86. The highest BCUT2D eigenvalue weighted by molar-refractivity contribution is 5.81. The molecule has 7 nitrogen and oxygen atoms in total. The summed E-state index contributed by atoms with van der Waals surface area (Å²) in [5, 5.41) is 36.7. The van der Waals surface area contributed by atoms with Crippen LogP contribution in [0.1, 0.15) is 6.42 Å². The van der Waals surface area contributed by atoms with Crippen LogP contribution in [-0.4, -0.2) is 57.0 Å². The first-order valence-electron chi connectivity index (χ1n) is 4.08. The second-order valence-electron chi connectivity index (χ2n) is 3.25. The number of carbonyl (C=O) groups is 1. The van der Waals surface area contributed by atoms with Crippen LogP contribution in [0, 0.1) is 0 Å². The summed E-state index contributed by atoms with van der Waals surface area (Å²) in [5.41, 5.74) is 4.84. The van der Waals surface area contributed by atoms with Crippen molar-refractivity contribution in [2.75, 3.05) is 6.61 Å². The predicted molar refractivity (Wildman–Crippen MR) is 42.7 cm³/mol. The van der Waals surface area contributed by atoms with E-state index in [2.05, 4.69) is 4.74 Å². The maximum absolute atomic E-state index is 10.8. The lowest BCUT2D eigenvalue weighted by molar-refractivity contribution is -0.288. The molecular weight excluding hydrogens is 194 g/mol. The first-order chi connectivity index (χ1) is 6.40. The molecule has 1 aliphatic rings. The third-order valence-corrected chi connectivity index (χ3v) is 2.17. The zero-order valence-electron chi connectivity index (χ0n) is 7.33. The van der Waals surface area contributed by atoms with Gasteiger partial charge in [-0.3, -0.25) is 4.79 Å². The molecular formula is C7H13NO6. The number of hydrogen-bond donors (Lipinski definition) is 5. The summed E-state index contributed by atoms with van der Waals surface area (Å²) in [5.74, 6) is -3.49. The molecule has 0 aliphatic carbocycles. The van der Waals surface area contributed by atoms with Crippen LogP contribution in [-0.2, 0) is 9.53 Å². The van der Waals surface area contributed by atoms with Gasteiger partial charge in [-0.2, -0.15) is 0 Å². The Balaban J connectivity index is 2.81. The van der Waals surface area contributed by atoms with Crippen LogP contribution >= 0.6 is 0 Å². The number of aliphatic hydroxyl groups is 4. The molecule has 0 spiro atoms. The number of amides is 1. The van der Waals surface area contributed by atoms with Crippen molar-refractivity contribution in [3.05, 3.63) is 0 Å². The van der Waals surface area contributed by atoms with E-state index in [1.54, 1.807) is 0 Å². The van der Waals surface area contributed by atoms with Crippen molar-refractivity contribution in [2.45, 2.75) is 30.5 Å². The molecule has 1 heterocycles. The Bertz CT molecular complexity index is 234. The fourth-order valence-corrected chi connectivity index (χ4v) is 1.32. The highest BCUT2D eigenvalue weighted by Crippen LogP contribution is 2.26. The average molecular weight is 207 g/mol. The van der Waals surface area contributed by atoms with Gasteiger partial charge in [0.15, 0.2) is 0 Å². The fraction of sp³-hybridized carbons (Fsp3) is 0.857. The minimum Gasteiger partial charge on any atom is -0.394 e. The highest BCUT2D eigenvalue weighted by atomic mass is 16.7. The molecule has 1 fully saturated rings. The lowest BCUT2D eigenvalue weighted by Crippen LogP contribution is -2.60. The zero-order valence-corrected chi connectivity index (χ0v) is 7.33. The monoisotopic (exact) mass is 207 g/mol. The molecule has 1 saturated heterocycles. The SMILES string of the molecule is NC(=O)C1(O)C[C@@H](O)[C@H](O)[C@@H](CO)O1. The quantitative estimate of drug-likeness (QED) is 0.321. The maximum Gasteiger partial charge on any atom is 0.277 e. The first-order valence-corrected chi connectivity index (χ1v) is 4.08. The standard InChI is InChI=1S/C7H13NO6/c8-6(12)7(13)1-3(10)5(11)4(2-9)14-7/h3-5,9-11,13H,1-2H2,(H2,8,12)/t3-,4-,5+,7?/m1/s1. The summed E-state index contributed by atoms with van der Waals surface area (Å²) in [6.07, 6.45) is -4.45. The van der Waals surface area contributed by atoms with Gasteiger partial charge in [0.1, 0.15) is 12.2 Å². The van der Waals surface area contributed by atoms with Crippen LogP contribution in [0.4, 0.5) is 0 Å². The van der Waals surface area contributed by atoms with Gasteiger partial charge in [0, 0.05) is 6.42 Å². The normalized spacial score (nSPS) is 43.6. The minimum absolute atomic E-state index is 0.514. The second-order valence-corrected chi connectivity index (χ2v) is 3.25. The van der Waals surface area contributed by atoms with Gasteiger partial charge in [-0.15, -0.1) is 0 Å². The van der Waals surface area contributed by atoms with Crippen LogP contribution < -0.4 is 5.73 Å². The lowest BCUT2D eigenvalue weighted by Gasteiger charge is -2.39. The van der Waals surface area contributed by atoms with Gasteiger partial charge in [0.05, 0.1) is 12.7 Å². The molecule has 0 aromatic rings. The highest BCUT2D eigenvalue weighted by Gasteiger charge is 2.48. The minimum atomic E-state index is -2.33. The van der Waals surface area contributed by atoms with E-state index in [9.17, 15) is 20.1 Å². The van der Waals surface area contributed by atoms with Crippen molar-refractivity contribution < 1.29 is 30.0 Å². The Morgan fingerprint density at radius 2 is 2.14 bits per heavy atom. The Hall–Kier alpha value is -0.730. The Morgan fingerprint density at radius 1 is 1.57 bits per heavy atom. The van der Waals surface area contributed by atoms with Crippen molar-refractivity contribution in [2.24, 2.45) is 5.73 Å². The van der Waals surface area contributed by atoms with Crippen molar-refractivity contribution in [1.82, 2.24) is 0 Å². The molecule has 82 valence electrons. The largest absolute Gasteiger partial charge is 0.394 e. The summed E-state index contributed by atoms with van der Waals surface area (Å²) < 4.78 is 4.69. The molecule has 1 unspecified atom stereocenters. The van der Waals surface area contributed by atoms with Crippen molar-refractivity contribution in [1.29, 1.82) is 0 Å². The van der Waals surface area contributed by atoms with E-state index in [-0.39, 0.29) is 0 Å². The molecule has 0 saturated carbocycles. The molecule has 0 bridgehead atoms. The summed E-state index contributed by atoms with van der Waals surface area (Å²) in [7, 11) is 0. The Kier molecular flexibility index (Phi) is 3.07. The zero-order chi connectivity index (χ0) is 10.9. The van der Waals surface area contributed by atoms with Crippen molar-refractivity contribution >= 4 is 5.91 Å². The number of nitrogens with two attached hydrogens (primary N) is 1. The molecule has 4 atom stereocenters. The van der Waals surface area contributed by atoms with Gasteiger partial charge >= 0.3 is 0 Å². The fourth-order valence-electron chi connectivity index (χ4n) is 1.32. The molecule has 0 aromatic heterocycles. The van der Waals surface area contributed by atoms with E-state index in [0.717, 1.165) is 0 Å². The Morgan fingerprint density at radius 3 is 2.57 bits per heavy atom. The predicted octanol–water partition coefficient (Wildman–Crippen LogP) is -3.34. The van der Waals surface area contributed by atoms with Crippen LogP contribution in [0.25, 0.3) is 0 Å².